The van der Waals surface area contributed by atoms with E-state index in [0.717, 1.165) is 5.56 Å². The van der Waals surface area contributed by atoms with E-state index in [0.29, 0.717) is 28.5 Å². The van der Waals surface area contributed by atoms with Crippen LogP contribution in [-0.4, -0.2) is 9.97 Å². The third kappa shape index (κ3) is 3.84. The molecular formula is C15H16Cl2N2O. The van der Waals surface area contributed by atoms with Crippen LogP contribution in [0.25, 0.3) is 0 Å². The number of benzene rings is 1. The van der Waals surface area contributed by atoms with Gasteiger partial charge < -0.3 is 4.74 Å². The standard InChI is InChI=1S/C15H16Cl2N2O/c1-15(2,3)14-18-12(17)8-13(19-14)20-9-10-6-4-5-7-11(10)16/h4-8H,9H2,1-3H3. The topological polar surface area (TPSA) is 35.0 Å². The second-order valence-electron chi connectivity index (χ2n) is 5.48. The van der Waals surface area contributed by atoms with Crippen LogP contribution in [0.5, 0.6) is 5.88 Å². The summed E-state index contributed by atoms with van der Waals surface area (Å²) in [5, 5.41) is 1.04. The van der Waals surface area contributed by atoms with E-state index in [1.165, 1.54) is 0 Å². The van der Waals surface area contributed by atoms with Gasteiger partial charge in [0.2, 0.25) is 5.88 Å². The van der Waals surface area contributed by atoms with Gasteiger partial charge in [0.15, 0.2) is 0 Å². The zero-order valence-electron chi connectivity index (χ0n) is 11.7. The van der Waals surface area contributed by atoms with Gasteiger partial charge >= 0.3 is 0 Å². The van der Waals surface area contributed by atoms with Gasteiger partial charge in [0.1, 0.15) is 17.6 Å². The van der Waals surface area contributed by atoms with Gasteiger partial charge in [-0.05, 0) is 6.07 Å². The third-order valence-electron chi connectivity index (χ3n) is 2.68. The third-order valence-corrected chi connectivity index (χ3v) is 3.24. The fourth-order valence-corrected chi connectivity index (χ4v) is 1.94. The zero-order valence-corrected chi connectivity index (χ0v) is 13.2. The van der Waals surface area contributed by atoms with Crippen LogP contribution in [-0.2, 0) is 12.0 Å². The van der Waals surface area contributed by atoms with Crippen molar-refractivity contribution in [1.82, 2.24) is 9.97 Å². The minimum absolute atomic E-state index is 0.187. The fourth-order valence-electron chi connectivity index (χ4n) is 1.57. The Balaban J connectivity index is 2.18. The molecule has 0 radical (unpaired) electrons. The molecule has 0 amide bonds. The van der Waals surface area contributed by atoms with Crippen molar-refractivity contribution in [2.75, 3.05) is 0 Å². The highest BCUT2D eigenvalue weighted by molar-refractivity contribution is 6.31. The SMILES string of the molecule is CC(C)(C)c1nc(Cl)cc(OCc2ccccc2Cl)n1. The molecule has 0 unspecified atom stereocenters. The van der Waals surface area contributed by atoms with Crippen molar-refractivity contribution in [2.24, 2.45) is 0 Å². The number of nitrogens with zero attached hydrogens (tertiary/aromatic N) is 2. The van der Waals surface area contributed by atoms with Crippen LogP contribution in [0.3, 0.4) is 0 Å². The van der Waals surface area contributed by atoms with Crippen molar-refractivity contribution >= 4 is 23.2 Å². The van der Waals surface area contributed by atoms with Gasteiger partial charge in [0.25, 0.3) is 0 Å². The number of hydrogen-bond donors (Lipinski definition) is 0. The smallest absolute Gasteiger partial charge is 0.218 e. The van der Waals surface area contributed by atoms with Crippen molar-refractivity contribution in [2.45, 2.75) is 32.8 Å². The molecule has 0 atom stereocenters. The number of aromatic nitrogens is 2. The summed E-state index contributed by atoms with van der Waals surface area (Å²) < 4.78 is 5.67. The molecule has 1 aromatic carbocycles. The van der Waals surface area contributed by atoms with E-state index in [-0.39, 0.29) is 5.41 Å². The minimum atomic E-state index is -0.187. The number of rotatable bonds is 3. The van der Waals surface area contributed by atoms with Crippen molar-refractivity contribution in [1.29, 1.82) is 0 Å². The van der Waals surface area contributed by atoms with Crippen LogP contribution in [0.4, 0.5) is 0 Å². The Kier molecular flexibility index (Phi) is 4.51. The first-order valence-electron chi connectivity index (χ1n) is 6.27. The summed E-state index contributed by atoms with van der Waals surface area (Å²) in [5.74, 6) is 1.11. The van der Waals surface area contributed by atoms with Gasteiger partial charge in [-0.2, -0.15) is 4.98 Å². The van der Waals surface area contributed by atoms with E-state index in [4.69, 9.17) is 27.9 Å². The van der Waals surface area contributed by atoms with E-state index < -0.39 is 0 Å². The van der Waals surface area contributed by atoms with Gasteiger partial charge in [-0.25, -0.2) is 4.98 Å². The second kappa shape index (κ2) is 5.98. The lowest BCUT2D eigenvalue weighted by Crippen LogP contribution is -2.16. The highest BCUT2D eigenvalue weighted by Crippen LogP contribution is 2.24. The number of halogens is 2. The molecule has 5 heteroatoms. The van der Waals surface area contributed by atoms with Crippen LogP contribution in [0.1, 0.15) is 32.2 Å². The van der Waals surface area contributed by atoms with E-state index in [9.17, 15) is 0 Å². The summed E-state index contributed by atoms with van der Waals surface area (Å²) in [6.45, 7) is 6.42. The first-order valence-corrected chi connectivity index (χ1v) is 7.03. The molecule has 1 aromatic heterocycles. The predicted octanol–water partition coefficient (Wildman–Crippen LogP) is 4.66. The van der Waals surface area contributed by atoms with E-state index in [2.05, 4.69) is 9.97 Å². The molecule has 0 aliphatic carbocycles. The normalized spacial score (nSPS) is 11.4. The Morgan fingerprint density at radius 1 is 1.10 bits per heavy atom. The van der Waals surface area contributed by atoms with Crippen LogP contribution in [0.15, 0.2) is 30.3 Å². The van der Waals surface area contributed by atoms with Crippen LogP contribution < -0.4 is 4.74 Å². The molecule has 0 N–H and O–H groups in total. The summed E-state index contributed by atoms with van der Waals surface area (Å²) in [4.78, 5) is 8.61. The zero-order chi connectivity index (χ0) is 14.8. The molecule has 0 saturated heterocycles. The molecule has 0 aliphatic heterocycles. The Morgan fingerprint density at radius 3 is 2.45 bits per heavy atom. The number of hydrogen-bond acceptors (Lipinski definition) is 3. The van der Waals surface area contributed by atoms with E-state index in [1.54, 1.807) is 6.07 Å². The summed E-state index contributed by atoms with van der Waals surface area (Å²) in [6.07, 6.45) is 0. The summed E-state index contributed by atoms with van der Waals surface area (Å²) in [5.41, 5.74) is 0.717. The molecule has 0 saturated carbocycles. The van der Waals surface area contributed by atoms with Gasteiger partial charge in [0, 0.05) is 22.1 Å². The van der Waals surface area contributed by atoms with E-state index in [1.807, 2.05) is 45.0 Å². The average molecular weight is 311 g/mol. The molecule has 0 aliphatic rings. The Morgan fingerprint density at radius 2 is 1.80 bits per heavy atom. The molecule has 106 valence electrons. The molecular weight excluding hydrogens is 295 g/mol. The summed E-state index contributed by atoms with van der Waals surface area (Å²) >= 11 is 12.1. The van der Waals surface area contributed by atoms with Gasteiger partial charge in [-0.15, -0.1) is 0 Å². The van der Waals surface area contributed by atoms with Gasteiger partial charge in [-0.3, -0.25) is 0 Å². The van der Waals surface area contributed by atoms with E-state index >= 15 is 0 Å². The lowest BCUT2D eigenvalue weighted by Gasteiger charge is -2.17. The molecule has 3 nitrogen and oxygen atoms in total. The van der Waals surface area contributed by atoms with Crippen LogP contribution in [0.2, 0.25) is 10.2 Å². The van der Waals surface area contributed by atoms with Crippen molar-refractivity contribution in [3.63, 3.8) is 0 Å². The maximum absolute atomic E-state index is 6.09. The molecule has 0 fully saturated rings. The lowest BCUT2D eigenvalue weighted by molar-refractivity contribution is 0.290. The Bertz CT molecular complexity index is 609. The highest BCUT2D eigenvalue weighted by atomic mass is 35.5. The molecule has 0 bridgehead atoms. The number of ether oxygens (including phenoxy) is 1. The highest BCUT2D eigenvalue weighted by Gasteiger charge is 2.19. The largest absolute Gasteiger partial charge is 0.473 e. The maximum atomic E-state index is 6.09. The monoisotopic (exact) mass is 310 g/mol. The minimum Gasteiger partial charge on any atom is -0.473 e. The molecule has 1 heterocycles. The van der Waals surface area contributed by atoms with Crippen LogP contribution >= 0.6 is 23.2 Å². The summed E-state index contributed by atoms with van der Waals surface area (Å²) in [7, 11) is 0. The second-order valence-corrected chi connectivity index (χ2v) is 6.28. The molecule has 2 aromatic rings. The van der Waals surface area contributed by atoms with Crippen LogP contribution in [0, 0.1) is 0 Å². The molecule has 20 heavy (non-hydrogen) atoms. The van der Waals surface area contributed by atoms with Crippen molar-refractivity contribution in [3.05, 3.63) is 51.9 Å². The Hall–Kier alpha value is -1.32. The van der Waals surface area contributed by atoms with Crippen molar-refractivity contribution in [3.8, 4) is 5.88 Å². The first kappa shape index (κ1) is 15.1. The maximum Gasteiger partial charge on any atom is 0.218 e. The molecule has 0 spiro atoms. The van der Waals surface area contributed by atoms with Gasteiger partial charge in [-0.1, -0.05) is 62.2 Å². The quantitative estimate of drug-likeness (QED) is 0.773. The van der Waals surface area contributed by atoms with Crippen molar-refractivity contribution < 1.29 is 4.74 Å². The lowest BCUT2D eigenvalue weighted by atomic mass is 9.96. The molecule has 2 rings (SSSR count). The fraction of sp³-hybridized carbons (Fsp3) is 0.333. The average Bonchev–Trinajstić information content (AvgIpc) is 2.36. The first-order chi connectivity index (χ1) is 9.36. The summed E-state index contributed by atoms with van der Waals surface area (Å²) in [6, 6.07) is 9.14. The Labute approximate surface area is 128 Å². The van der Waals surface area contributed by atoms with Gasteiger partial charge in [0.05, 0.1) is 0 Å². The predicted molar refractivity (Wildman–Crippen MR) is 81.5 cm³/mol.